The summed E-state index contributed by atoms with van der Waals surface area (Å²) in [5.74, 6) is -0.0432. The Morgan fingerprint density at radius 2 is 2.19 bits per heavy atom. The van der Waals surface area contributed by atoms with Crippen molar-refractivity contribution in [2.24, 2.45) is 0 Å². The molecule has 0 saturated carbocycles. The van der Waals surface area contributed by atoms with Crippen molar-refractivity contribution in [3.8, 4) is 0 Å². The van der Waals surface area contributed by atoms with Gasteiger partial charge in [-0.1, -0.05) is 29.4 Å². The lowest BCUT2D eigenvalue weighted by Gasteiger charge is -2.11. The lowest BCUT2D eigenvalue weighted by atomic mass is 10.2. The highest BCUT2D eigenvalue weighted by Gasteiger charge is 2.31. The van der Waals surface area contributed by atoms with Gasteiger partial charge < -0.3 is 14.6 Å². The summed E-state index contributed by atoms with van der Waals surface area (Å²) in [6, 6.07) is 2.73. The number of rotatable bonds is 8. The molecule has 0 unspecified atom stereocenters. The van der Waals surface area contributed by atoms with Gasteiger partial charge in [-0.25, -0.2) is 0 Å². The molecule has 1 aromatic heterocycles. The van der Waals surface area contributed by atoms with E-state index in [4.69, 9.17) is 16.3 Å². The Morgan fingerprint density at radius 3 is 2.81 bits per heavy atom. The van der Waals surface area contributed by atoms with E-state index in [9.17, 15) is 18.0 Å². The number of carbonyl (C=O) groups excluding carboxylic acids is 1. The molecule has 1 amide bonds. The van der Waals surface area contributed by atoms with E-state index in [1.165, 1.54) is 7.11 Å². The van der Waals surface area contributed by atoms with Crippen molar-refractivity contribution in [2.75, 3.05) is 18.2 Å². The van der Waals surface area contributed by atoms with Crippen LogP contribution in [0.15, 0.2) is 36.0 Å². The van der Waals surface area contributed by atoms with Gasteiger partial charge in [0.05, 0.1) is 22.0 Å². The van der Waals surface area contributed by atoms with Crippen LogP contribution in [0.2, 0.25) is 5.02 Å². The molecule has 6 nitrogen and oxygen atoms in total. The number of anilines is 1. The number of carbonyl (C=O) groups is 1. The zero-order valence-corrected chi connectivity index (χ0v) is 15.8. The highest BCUT2D eigenvalue weighted by Crippen LogP contribution is 2.34. The summed E-state index contributed by atoms with van der Waals surface area (Å²) in [7, 11) is 1.52. The average Bonchev–Trinajstić information content (AvgIpc) is 2.97. The number of amides is 1. The molecule has 0 aliphatic carbocycles. The molecule has 2 rings (SSSR count). The summed E-state index contributed by atoms with van der Waals surface area (Å²) in [6.07, 6.45) is -2.88. The summed E-state index contributed by atoms with van der Waals surface area (Å²) < 4.78 is 45.1. The van der Waals surface area contributed by atoms with Crippen LogP contribution < -0.4 is 5.32 Å². The molecular weight excluding hydrogens is 405 g/mol. The number of methoxy groups -OCH3 is 1. The average molecular weight is 421 g/mol. The van der Waals surface area contributed by atoms with Gasteiger partial charge in [-0.2, -0.15) is 13.2 Å². The minimum atomic E-state index is -4.53. The fourth-order valence-corrected chi connectivity index (χ4v) is 3.02. The Hall–Kier alpha value is -2.04. The van der Waals surface area contributed by atoms with Gasteiger partial charge in [0.1, 0.15) is 6.61 Å². The predicted octanol–water partition coefficient (Wildman–Crippen LogP) is 4.01. The van der Waals surface area contributed by atoms with Crippen LogP contribution in [-0.4, -0.2) is 33.5 Å². The van der Waals surface area contributed by atoms with Gasteiger partial charge in [0.2, 0.25) is 5.91 Å². The first kappa shape index (κ1) is 21.3. The van der Waals surface area contributed by atoms with E-state index >= 15 is 0 Å². The number of nitrogens with one attached hydrogen (secondary N) is 1. The van der Waals surface area contributed by atoms with E-state index in [0.717, 1.165) is 30.0 Å². The molecule has 1 heterocycles. The zero-order valence-electron chi connectivity index (χ0n) is 14.2. The number of aromatic nitrogens is 3. The first-order valence-corrected chi connectivity index (χ1v) is 8.94. The van der Waals surface area contributed by atoms with Crippen LogP contribution in [0, 0.1) is 0 Å². The molecule has 0 radical (unpaired) electrons. The van der Waals surface area contributed by atoms with Crippen molar-refractivity contribution in [1.82, 2.24) is 14.8 Å². The van der Waals surface area contributed by atoms with Crippen LogP contribution in [0.3, 0.4) is 0 Å². The quantitative estimate of drug-likeness (QED) is 0.516. The number of hydrogen-bond acceptors (Lipinski definition) is 5. The highest BCUT2D eigenvalue weighted by atomic mass is 35.5. The Morgan fingerprint density at radius 1 is 1.44 bits per heavy atom. The topological polar surface area (TPSA) is 69.0 Å². The minimum absolute atomic E-state index is 0.0126. The minimum Gasteiger partial charge on any atom is -0.377 e. The Kier molecular flexibility index (Phi) is 7.28. The molecule has 1 N–H and O–H groups in total. The number of benzene rings is 1. The molecule has 11 heteroatoms. The monoisotopic (exact) mass is 420 g/mol. The van der Waals surface area contributed by atoms with E-state index in [1.807, 2.05) is 0 Å². The molecule has 0 saturated heterocycles. The van der Waals surface area contributed by atoms with Crippen LogP contribution >= 0.6 is 23.4 Å². The van der Waals surface area contributed by atoms with Crippen molar-refractivity contribution in [1.29, 1.82) is 0 Å². The second-order valence-corrected chi connectivity index (χ2v) is 6.61. The second kappa shape index (κ2) is 9.25. The molecule has 0 aliphatic heterocycles. The first-order chi connectivity index (χ1) is 12.8. The summed E-state index contributed by atoms with van der Waals surface area (Å²) in [5, 5.41) is 10.8. The molecule has 2 aromatic rings. The number of ether oxygens (including phenoxy) is 1. The first-order valence-electron chi connectivity index (χ1n) is 7.57. The van der Waals surface area contributed by atoms with Gasteiger partial charge in [0.25, 0.3) is 0 Å². The fourth-order valence-electron chi connectivity index (χ4n) is 2.09. The number of hydrogen-bond donors (Lipinski definition) is 1. The zero-order chi connectivity index (χ0) is 20.0. The predicted molar refractivity (Wildman–Crippen MR) is 96.7 cm³/mol. The van der Waals surface area contributed by atoms with Gasteiger partial charge in [-0.3, -0.25) is 4.79 Å². The van der Waals surface area contributed by atoms with E-state index < -0.39 is 17.6 Å². The van der Waals surface area contributed by atoms with Gasteiger partial charge in [0, 0.05) is 13.7 Å². The normalized spacial score (nSPS) is 11.4. The van der Waals surface area contributed by atoms with Gasteiger partial charge in [-0.15, -0.1) is 16.8 Å². The van der Waals surface area contributed by atoms with E-state index in [2.05, 4.69) is 22.1 Å². The third kappa shape index (κ3) is 5.72. The van der Waals surface area contributed by atoms with E-state index in [-0.39, 0.29) is 23.1 Å². The van der Waals surface area contributed by atoms with Gasteiger partial charge in [-0.05, 0) is 18.2 Å². The fraction of sp³-hybridized carbons (Fsp3) is 0.312. The summed E-state index contributed by atoms with van der Waals surface area (Å²) in [5.41, 5.74) is -1.01. The molecule has 0 bridgehead atoms. The van der Waals surface area contributed by atoms with Crippen molar-refractivity contribution >= 4 is 35.0 Å². The number of allylic oxidation sites excluding steroid dienone is 1. The third-order valence-electron chi connectivity index (χ3n) is 3.28. The van der Waals surface area contributed by atoms with Crippen LogP contribution in [-0.2, 0) is 28.9 Å². The van der Waals surface area contributed by atoms with Gasteiger partial charge in [0.15, 0.2) is 11.0 Å². The maximum Gasteiger partial charge on any atom is 0.416 e. The molecule has 146 valence electrons. The van der Waals surface area contributed by atoms with Crippen LogP contribution in [0.5, 0.6) is 0 Å². The summed E-state index contributed by atoms with van der Waals surface area (Å²) in [4.78, 5) is 12.1. The van der Waals surface area contributed by atoms with E-state index in [1.54, 1.807) is 10.6 Å². The van der Waals surface area contributed by atoms with Crippen LogP contribution in [0.4, 0.5) is 18.9 Å². The maximum atomic E-state index is 12.8. The van der Waals surface area contributed by atoms with Crippen molar-refractivity contribution in [2.45, 2.75) is 24.5 Å². The summed E-state index contributed by atoms with van der Waals surface area (Å²) >= 11 is 6.96. The Balaban J connectivity index is 2.06. The molecule has 0 aliphatic rings. The largest absolute Gasteiger partial charge is 0.416 e. The summed E-state index contributed by atoms with van der Waals surface area (Å²) in [6.45, 7) is 4.32. The van der Waals surface area contributed by atoms with Gasteiger partial charge >= 0.3 is 6.18 Å². The van der Waals surface area contributed by atoms with Crippen molar-refractivity contribution < 1.29 is 22.7 Å². The molecule has 27 heavy (non-hydrogen) atoms. The van der Waals surface area contributed by atoms with Crippen LogP contribution in [0.25, 0.3) is 0 Å². The smallest absolute Gasteiger partial charge is 0.377 e. The SMILES string of the molecule is C=CCn1c(COC)nnc1SCC(=O)Nc1cc(C(F)(F)F)ccc1Cl. The molecule has 0 atom stereocenters. The maximum absolute atomic E-state index is 12.8. The Bertz CT molecular complexity index is 826. The number of halogens is 4. The van der Waals surface area contributed by atoms with Crippen molar-refractivity contribution in [3.05, 3.63) is 47.3 Å². The lowest BCUT2D eigenvalue weighted by molar-refractivity contribution is -0.137. The van der Waals surface area contributed by atoms with E-state index in [0.29, 0.717) is 17.5 Å². The molecule has 1 aromatic carbocycles. The van der Waals surface area contributed by atoms with Crippen LogP contribution in [0.1, 0.15) is 11.4 Å². The number of thioether (sulfide) groups is 1. The highest BCUT2D eigenvalue weighted by molar-refractivity contribution is 7.99. The standard InChI is InChI=1S/C16H16ClF3N4O2S/c1-3-6-24-13(8-26-2)22-23-15(24)27-9-14(25)21-12-7-10(16(18,19)20)4-5-11(12)17/h3-5,7H,1,6,8-9H2,2H3,(H,21,25). The molecular formula is C16H16ClF3N4O2S. The van der Waals surface area contributed by atoms with Crippen molar-refractivity contribution in [3.63, 3.8) is 0 Å². The lowest BCUT2D eigenvalue weighted by Crippen LogP contribution is -2.16. The molecule has 0 spiro atoms. The third-order valence-corrected chi connectivity index (χ3v) is 4.58. The number of nitrogens with zero attached hydrogens (tertiary/aromatic N) is 3. The molecule has 0 fully saturated rings. The second-order valence-electron chi connectivity index (χ2n) is 5.26. The Labute approximate surface area is 162 Å². The number of alkyl halides is 3.